The summed E-state index contributed by atoms with van der Waals surface area (Å²) >= 11 is 0. The Bertz CT molecular complexity index is 833. The highest BCUT2D eigenvalue weighted by Crippen LogP contribution is 2.31. The number of hydrogen-bond donors (Lipinski definition) is 1. The maximum absolute atomic E-state index is 10.9. The SMILES string of the molecule is CC(C)(C)c1ccc2cc(-c3ccc(C(=O)O)cc3)oc2c1. The first-order valence-corrected chi connectivity index (χ1v) is 7.22. The summed E-state index contributed by atoms with van der Waals surface area (Å²) in [6, 6.07) is 15.0. The van der Waals surface area contributed by atoms with Gasteiger partial charge in [0, 0.05) is 10.9 Å². The van der Waals surface area contributed by atoms with Crippen molar-refractivity contribution in [2.75, 3.05) is 0 Å². The first-order valence-electron chi connectivity index (χ1n) is 7.22. The first-order chi connectivity index (χ1) is 10.3. The number of benzene rings is 2. The molecular formula is C19H18O3. The van der Waals surface area contributed by atoms with E-state index in [9.17, 15) is 4.79 Å². The van der Waals surface area contributed by atoms with Crippen LogP contribution in [0.5, 0.6) is 0 Å². The van der Waals surface area contributed by atoms with E-state index in [1.165, 1.54) is 5.56 Å². The van der Waals surface area contributed by atoms with Crippen molar-refractivity contribution in [3.8, 4) is 11.3 Å². The van der Waals surface area contributed by atoms with Crippen molar-refractivity contribution in [1.29, 1.82) is 0 Å². The van der Waals surface area contributed by atoms with Gasteiger partial charge in [0.1, 0.15) is 11.3 Å². The molecule has 1 N–H and O–H groups in total. The van der Waals surface area contributed by atoms with Gasteiger partial charge in [-0.2, -0.15) is 0 Å². The van der Waals surface area contributed by atoms with E-state index in [2.05, 4.69) is 39.0 Å². The lowest BCUT2D eigenvalue weighted by Gasteiger charge is -2.18. The zero-order chi connectivity index (χ0) is 15.9. The van der Waals surface area contributed by atoms with Crippen LogP contribution in [0.25, 0.3) is 22.3 Å². The summed E-state index contributed by atoms with van der Waals surface area (Å²) in [5, 5.41) is 9.99. The third kappa shape index (κ3) is 2.62. The normalized spacial score (nSPS) is 11.8. The number of carboxylic acids is 1. The number of fused-ring (bicyclic) bond motifs is 1. The highest BCUT2D eigenvalue weighted by molar-refractivity contribution is 5.89. The van der Waals surface area contributed by atoms with Crippen molar-refractivity contribution in [1.82, 2.24) is 0 Å². The number of carbonyl (C=O) groups is 1. The van der Waals surface area contributed by atoms with Crippen molar-refractivity contribution in [2.45, 2.75) is 26.2 Å². The second-order valence-electron chi connectivity index (χ2n) is 6.50. The van der Waals surface area contributed by atoms with Gasteiger partial charge in [-0.1, -0.05) is 45.0 Å². The van der Waals surface area contributed by atoms with E-state index < -0.39 is 5.97 Å². The van der Waals surface area contributed by atoms with Crippen LogP contribution in [-0.2, 0) is 5.41 Å². The monoisotopic (exact) mass is 294 g/mol. The Labute approximate surface area is 129 Å². The molecule has 112 valence electrons. The van der Waals surface area contributed by atoms with Crippen LogP contribution in [0.15, 0.2) is 52.9 Å². The number of furan rings is 1. The average Bonchev–Trinajstić information content (AvgIpc) is 2.89. The zero-order valence-corrected chi connectivity index (χ0v) is 12.9. The Balaban J connectivity index is 2.03. The molecule has 0 aliphatic heterocycles. The molecule has 3 nitrogen and oxygen atoms in total. The van der Waals surface area contributed by atoms with Gasteiger partial charge in [0.25, 0.3) is 0 Å². The standard InChI is InChI=1S/C19H18O3/c1-19(2,3)15-9-8-14-10-16(22-17(14)11-15)12-4-6-13(7-5-12)18(20)21/h4-11H,1-3H3,(H,20,21). The van der Waals surface area contributed by atoms with Gasteiger partial charge < -0.3 is 9.52 Å². The molecule has 0 aliphatic rings. The smallest absolute Gasteiger partial charge is 0.335 e. The third-order valence-corrected chi connectivity index (χ3v) is 3.80. The molecule has 0 unspecified atom stereocenters. The molecular weight excluding hydrogens is 276 g/mol. The molecule has 0 spiro atoms. The molecule has 3 heteroatoms. The largest absolute Gasteiger partial charge is 0.478 e. The summed E-state index contributed by atoms with van der Waals surface area (Å²) < 4.78 is 5.94. The van der Waals surface area contributed by atoms with Crippen LogP contribution in [0.1, 0.15) is 36.7 Å². The Morgan fingerprint density at radius 2 is 1.68 bits per heavy atom. The Hall–Kier alpha value is -2.55. The lowest BCUT2D eigenvalue weighted by Crippen LogP contribution is -2.10. The van der Waals surface area contributed by atoms with Crippen molar-refractivity contribution in [2.24, 2.45) is 0 Å². The maximum atomic E-state index is 10.9. The molecule has 0 atom stereocenters. The molecule has 3 rings (SSSR count). The number of rotatable bonds is 2. The first kappa shape index (κ1) is 14.4. The Morgan fingerprint density at radius 3 is 2.27 bits per heavy atom. The van der Waals surface area contributed by atoms with Crippen LogP contribution in [0, 0.1) is 0 Å². The molecule has 1 aromatic heterocycles. The molecule has 0 amide bonds. The van der Waals surface area contributed by atoms with E-state index in [4.69, 9.17) is 9.52 Å². The van der Waals surface area contributed by atoms with Gasteiger partial charge in [-0.15, -0.1) is 0 Å². The molecule has 1 heterocycles. The molecule has 3 aromatic rings. The van der Waals surface area contributed by atoms with Crippen LogP contribution in [0.4, 0.5) is 0 Å². The molecule has 22 heavy (non-hydrogen) atoms. The summed E-state index contributed by atoms with van der Waals surface area (Å²) in [7, 11) is 0. The summed E-state index contributed by atoms with van der Waals surface area (Å²) in [5.41, 5.74) is 3.30. The van der Waals surface area contributed by atoms with Gasteiger partial charge in [-0.3, -0.25) is 0 Å². The van der Waals surface area contributed by atoms with E-state index in [1.807, 2.05) is 6.07 Å². The molecule has 0 fully saturated rings. The summed E-state index contributed by atoms with van der Waals surface area (Å²) in [6.45, 7) is 6.51. The van der Waals surface area contributed by atoms with E-state index in [0.29, 0.717) is 0 Å². The third-order valence-electron chi connectivity index (χ3n) is 3.80. The van der Waals surface area contributed by atoms with Crippen molar-refractivity contribution < 1.29 is 14.3 Å². The molecule has 2 aromatic carbocycles. The van der Waals surface area contributed by atoms with Crippen LogP contribution >= 0.6 is 0 Å². The number of carboxylic acid groups (broad SMARTS) is 1. The predicted octanol–water partition coefficient (Wildman–Crippen LogP) is 5.10. The van der Waals surface area contributed by atoms with Gasteiger partial charge in [0.2, 0.25) is 0 Å². The molecule has 0 radical (unpaired) electrons. The maximum Gasteiger partial charge on any atom is 0.335 e. The average molecular weight is 294 g/mol. The highest BCUT2D eigenvalue weighted by atomic mass is 16.4. The van der Waals surface area contributed by atoms with Crippen molar-refractivity contribution >= 4 is 16.9 Å². The van der Waals surface area contributed by atoms with E-state index in [1.54, 1.807) is 24.3 Å². The second-order valence-corrected chi connectivity index (χ2v) is 6.50. The van der Waals surface area contributed by atoms with Crippen LogP contribution in [0.3, 0.4) is 0 Å². The summed E-state index contributed by atoms with van der Waals surface area (Å²) in [5.74, 6) is -0.177. The van der Waals surface area contributed by atoms with E-state index >= 15 is 0 Å². The van der Waals surface area contributed by atoms with Crippen LogP contribution < -0.4 is 0 Å². The Kier molecular flexibility index (Phi) is 3.28. The van der Waals surface area contributed by atoms with E-state index in [-0.39, 0.29) is 11.0 Å². The lowest BCUT2D eigenvalue weighted by molar-refractivity contribution is 0.0697. The minimum absolute atomic E-state index is 0.0737. The number of hydrogen-bond acceptors (Lipinski definition) is 2. The van der Waals surface area contributed by atoms with Gasteiger partial charge in [0.15, 0.2) is 0 Å². The zero-order valence-electron chi connectivity index (χ0n) is 12.9. The van der Waals surface area contributed by atoms with Gasteiger partial charge in [0.05, 0.1) is 5.56 Å². The van der Waals surface area contributed by atoms with Crippen molar-refractivity contribution in [3.05, 3.63) is 59.7 Å². The highest BCUT2D eigenvalue weighted by Gasteiger charge is 2.15. The van der Waals surface area contributed by atoms with Crippen LogP contribution in [0.2, 0.25) is 0 Å². The van der Waals surface area contributed by atoms with Gasteiger partial charge >= 0.3 is 5.97 Å². The lowest BCUT2D eigenvalue weighted by atomic mass is 9.87. The fraction of sp³-hybridized carbons (Fsp3) is 0.211. The summed E-state index contributed by atoms with van der Waals surface area (Å²) in [4.78, 5) is 10.9. The minimum Gasteiger partial charge on any atom is -0.478 e. The summed E-state index contributed by atoms with van der Waals surface area (Å²) in [6.07, 6.45) is 0. The van der Waals surface area contributed by atoms with Gasteiger partial charge in [-0.05, 0) is 35.2 Å². The Morgan fingerprint density at radius 1 is 1.00 bits per heavy atom. The predicted molar refractivity (Wildman–Crippen MR) is 87.3 cm³/mol. The van der Waals surface area contributed by atoms with Crippen LogP contribution in [-0.4, -0.2) is 11.1 Å². The second kappa shape index (κ2) is 5.02. The van der Waals surface area contributed by atoms with Crippen molar-refractivity contribution in [3.63, 3.8) is 0 Å². The minimum atomic E-state index is -0.925. The fourth-order valence-corrected chi connectivity index (χ4v) is 2.42. The topological polar surface area (TPSA) is 50.4 Å². The molecule has 0 saturated carbocycles. The number of aromatic carboxylic acids is 1. The quantitative estimate of drug-likeness (QED) is 0.715. The molecule has 0 bridgehead atoms. The molecule has 0 aliphatic carbocycles. The van der Waals surface area contributed by atoms with E-state index in [0.717, 1.165) is 22.3 Å². The fourth-order valence-electron chi connectivity index (χ4n) is 2.42. The van der Waals surface area contributed by atoms with Gasteiger partial charge in [-0.25, -0.2) is 4.79 Å². The molecule has 0 saturated heterocycles.